The SMILES string of the molecule is CCn1nc(-c2ccc(F)cc2)c(-c2ccncc2)c1C(=O)NCc1ccccc1C. The molecule has 0 unspecified atom stereocenters. The lowest BCUT2D eigenvalue weighted by Crippen LogP contribution is -2.26. The van der Waals surface area contributed by atoms with Crippen LogP contribution in [-0.4, -0.2) is 20.7 Å². The molecule has 4 aromatic rings. The highest BCUT2D eigenvalue weighted by Crippen LogP contribution is 2.34. The largest absolute Gasteiger partial charge is 0.347 e. The maximum absolute atomic E-state index is 13.5. The third-order valence-corrected chi connectivity index (χ3v) is 5.25. The summed E-state index contributed by atoms with van der Waals surface area (Å²) in [7, 11) is 0. The topological polar surface area (TPSA) is 59.8 Å². The van der Waals surface area contributed by atoms with Crippen LogP contribution in [-0.2, 0) is 13.1 Å². The molecule has 5 nitrogen and oxygen atoms in total. The first-order valence-corrected chi connectivity index (χ1v) is 10.2. The highest BCUT2D eigenvalue weighted by molar-refractivity contribution is 6.03. The second kappa shape index (κ2) is 8.92. The number of rotatable bonds is 6. The number of amides is 1. The van der Waals surface area contributed by atoms with Crippen LogP contribution < -0.4 is 5.32 Å². The van der Waals surface area contributed by atoms with E-state index in [1.165, 1.54) is 12.1 Å². The van der Waals surface area contributed by atoms with Gasteiger partial charge in [0.25, 0.3) is 5.91 Å². The summed E-state index contributed by atoms with van der Waals surface area (Å²) < 4.78 is 15.2. The van der Waals surface area contributed by atoms with E-state index in [1.807, 2.05) is 50.2 Å². The Morgan fingerprint density at radius 1 is 1.00 bits per heavy atom. The summed E-state index contributed by atoms with van der Waals surface area (Å²) in [5.74, 6) is -0.530. The van der Waals surface area contributed by atoms with E-state index in [1.54, 1.807) is 29.2 Å². The number of carbonyl (C=O) groups excluding carboxylic acids is 1. The van der Waals surface area contributed by atoms with Crippen LogP contribution in [0.15, 0.2) is 73.1 Å². The van der Waals surface area contributed by atoms with E-state index in [2.05, 4.69) is 10.3 Å². The van der Waals surface area contributed by atoms with E-state index in [0.29, 0.717) is 30.0 Å². The van der Waals surface area contributed by atoms with E-state index in [9.17, 15) is 9.18 Å². The van der Waals surface area contributed by atoms with Crippen LogP contribution in [0.2, 0.25) is 0 Å². The standard InChI is InChI=1S/C25H23FN4O/c1-3-30-24(25(31)28-16-20-7-5-4-6-17(20)2)22(18-12-14-27-15-13-18)23(29-30)19-8-10-21(26)11-9-19/h4-15H,3,16H2,1-2H3,(H,28,31). The van der Waals surface area contributed by atoms with Crippen molar-refractivity contribution >= 4 is 5.91 Å². The molecule has 2 heterocycles. The molecule has 0 saturated heterocycles. The van der Waals surface area contributed by atoms with Gasteiger partial charge in [-0.15, -0.1) is 0 Å². The van der Waals surface area contributed by atoms with Gasteiger partial charge in [-0.3, -0.25) is 14.5 Å². The average molecular weight is 414 g/mol. The summed E-state index contributed by atoms with van der Waals surface area (Å²) in [6.45, 7) is 4.90. The van der Waals surface area contributed by atoms with Crippen molar-refractivity contribution in [3.63, 3.8) is 0 Å². The smallest absolute Gasteiger partial charge is 0.270 e. The summed E-state index contributed by atoms with van der Waals surface area (Å²) >= 11 is 0. The minimum Gasteiger partial charge on any atom is -0.347 e. The molecule has 0 bridgehead atoms. The molecule has 0 saturated carbocycles. The van der Waals surface area contributed by atoms with Crippen molar-refractivity contribution in [3.05, 3.63) is 95.7 Å². The van der Waals surface area contributed by atoms with Gasteiger partial charge in [0.2, 0.25) is 0 Å². The van der Waals surface area contributed by atoms with Crippen LogP contribution in [0.1, 0.15) is 28.5 Å². The van der Waals surface area contributed by atoms with Crippen molar-refractivity contribution in [2.75, 3.05) is 0 Å². The number of pyridine rings is 1. The number of hydrogen-bond acceptors (Lipinski definition) is 3. The zero-order chi connectivity index (χ0) is 21.8. The molecule has 0 fully saturated rings. The number of nitrogens with zero attached hydrogens (tertiary/aromatic N) is 3. The molecule has 0 aliphatic heterocycles. The fourth-order valence-corrected chi connectivity index (χ4v) is 3.59. The van der Waals surface area contributed by atoms with Crippen LogP contribution in [0.4, 0.5) is 4.39 Å². The van der Waals surface area contributed by atoms with Gasteiger partial charge in [-0.1, -0.05) is 24.3 Å². The molecule has 4 rings (SSSR count). The van der Waals surface area contributed by atoms with E-state index in [4.69, 9.17) is 5.10 Å². The number of aromatic nitrogens is 3. The third kappa shape index (κ3) is 4.23. The number of benzene rings is 2. The fraction of sp³-hybridized carbons (Fsp3) is 0.160. The van der Waals surface area contributed by atoms with Crippen molar-refractivity contribution in [1.29, 1.82) is 0 Å². The van der Waals surface area contributed by atoms with Crippen LogP contribution in [0.3, 0.4) is 0 Å². The number of halogens is 1. The summed E-state index contributed by atoms with van der Waals surface area (Å²) in [5.41, 5.74) is 5.56. The molecule has 6 heteroatoms. The van der Waals surface area contributed by atoms with Crippen LogP contribution in [0.25, 0.3) is 22.4 Å². The molecule has 0 atom stereocenters. The van der Waals surface area contributed by atoms with E-state index >= 15 is 0 Å². The van der Waals surface area contributed by atoms with Crippen molar-refractivity contribution in [3.8, 4) is 22.4 Å². The normalized spacial score (nSPS) is 10.8. The van der Waals surface area contributed by atoms with Crippen molar-refractivity contribution in [1.82, 2.24) is 20.1 Å². The Morgan fingerprint density at radius 2 is 1.71 bits per heavy atom. The van der Waals surface area contributed by atoms with E-state index in [-0.39, 0.29) is 11.7 Å². The third-order valence-electron chi connectivity index (χ3n) is 5.25. The Kier molecular flexibility index (Phi) is 5.89. The van der Waals surface area contributed by atoms with Gasteiger partial charge in [0, 0.05) is 36.6 Å². The number of hydrogen-bond donors (Lipinski definition) is 1. The predicted molar refractivity (Wildman–Crippen MR) is 119 cm³/mol. The second-order valence-corrected chi connectivity index (χ2v) is 7.24. The maximum atomic E-state index is 13.5. The van der Waals surface area contributed by atoms with Gasteiger partial charge in [-0.25, -0.2) is 4.39 Å². The molecule has 0 aliphatic carbocycles. The molecule has 0 spiro atoms. The minimum atomic E-state index is -0.319. The highest BCUT2D eigenvalue weighted by atomic mass is 19.1. The van der Waals surface area contributed by atoms with Gasteiger partial charge < -0.3 is 5.32 Å². The molecule has 31 heavy (non-hydrogen) atoms. The monoisotopic (exact) mass is 414 g/mol. The lowest BCUT2D eigenvalue weighted by molar-refractivity contribution is 0.0941. The molecule has 1 amide bonds. The first-order valence-electron chi connectivity index (χ1n) is 10.2. The second-order valence-electron chi connectivity index (χ2n) is 7.24. The Balaban J connectivity index is 1.80. The Morgan fingerprint density at radius 3 is 2.39 bits per heavy atom. The highest BCUT2D eigenvalue weighted by Gasteiger charge is 2.25. The molecule has 0 radical (unpaired) electrons. The van der Waals surface area contributed by atoms with Gasteiger partial charge in [-0.2, -0.15) is 5.10 Å². The van der Waals surface area contributed by atoms with Gasteiger partial charge in [-0.05, 0) is 66.9 Å². The zero-order valence-corrected chi connectivity index (χ0v) is 17.5. The average Bonchev–Trinajstić information content (AvgIpc) is 3.19. The maximum Gasteiger partial charge on any atom is 0.270 e. The minimum absolute atomic E-state index is 0.210. The summed E-state index contributed by atoms with van der Waals surface area (Å²) in [6, 6.07) is 17.8. The molecular formula is C25H23FN4O. The van der Waals surface area contributed by atoms with E-state index < -0.39 is 0 Å². The van der Waals surface area contributed by atoms with Gasteiger partial charge in [0.1, 0.15) is 17.2 Å². The Hall–Kier alpha value is -3.80. The predicted octanol–water partition coefficient (Wildman–Crippen LogP) is 5.01. The number of nitrogens with one attached hydrogen (secondary N) is 1. The Labute approximate surface area is 180 Å². The molecular weight excluding hydrogens is 391 g/mol. The van der Waals surface area contributed by atoms with Crippen molar-refractivity contribution in [2.45, 2.75) is 26.9 Å². The van der Waals surface area contributed by atoms with Crippen molar-refractivity contribution in [2.24, 2.45) is 0 Å². The van der Waals surface area contributed by atoms with Gasteiger partial charge in [0.15, 0.2) is 0 Å². The molecule has 156 valence electrons. The molecule has 0 aliphatic rings. The quantitative estimate of drug-likeness (QED) is 0.482. The number of aryl methyl sites for hydroxylation is 2. The van der Waals surface area contributed by atoms with Gasteiger partial charge >= 0.3 is 0 Å². The van der Waals surface area contributed by atoms with Crippen LogP contribution in [0.5, 0.6) is 0 Å². The van der Waals surface area contributed by atoms with Crippen LogP contribution >= 0.6 is 0 Å². The first kappa shape index (κ1) is 20.5. The molecule has 2 aromatic carbocycles. The van der Waals surface area contributed by atoms with E-state index in [0.717, 1.165) is 22.3 Å². The lowest BCUT2D eigenvalue weighted by atomic mass is 9.99. The number of carbonyl (C=O) groups is 1. The Bertz CT molecular complexity index is 1200. The molecule has 2 aromatic heterocycles. The molecule has 1 N–H and O–H groups in total. The lowest BCUT2D eigenvalue weighted by Gasteiger charge is -2.11. The fourth-order valence-electron chi connectivity index (χ4n) is 3.59. The first-order chi connectivity index (χ1) is 15.1. The summed E-state index contributed by atoms with van der Waals surface area (Å²) in [6.07, 6.45) is 3.37. The summed E-state index contributed by atoms with van der Waals surface area (Å²) in [5, 5.41) is 7.75. The zero-order valence-electron chi connectivity index (χ0n) is 17.5. The summed E-state index contributed by atoms with van der Waals surface area (Å²) in [4.78, 5) is 17.4. The van der Waals surface area contributed by atoms with Gasteiger partial charge in [0.05, 0.1) is 0 Å². The van der Waals surface area contributed by atoms with Crippen molar-refractivity contribution < 1.29 is 9.18 Å². The van der Waals surface area contributed by atoms with Crippen LogP contribution in [0, 0.1) is 12.7 Å².